The second kappa shape index (κ2) is 5.86. The zero-order valence-corrected chi connectivity index (χ0v) is 12.2. The van der Waals surface area contributed by atoms with Crippen LogP contribution in [0.2, 0.25) is 5.02 Å². The Morgan fingerprint density at radius 3 is 2.67 bits per heavy atom. The summed E-state index contributed by atoms with van der Waals surface area (Å²) >= 11 is 5.91. The molecule has 4 heteroatoms. The monoisotopic (exact) mass is 303 g/mol. The highest BCUT2D eigenvalue weighted by atomic mass is 35.5. The van der Waals surface area contributed by atoms with Gasteiger partial charge in [0.15, 0.2) is 0 Å². The van der Waals surface area contributed by atoms with Crippen LogP contribution in [0, 0.1) is 5.82 Å². The SMILES string of the molecule is O=C(c1cccc(F)c1)N1CCCC1c1ccc(Cl)cc1. The first-order valence-electron chi connectivity index (χ1n) is 6.97. The molecule has 21 heavy (non-hydrogen) atoms. The first-order valence-corrected chi connectivity index (χ1v) is 7.35. The Kier molecular flexibility index (Phi) is 3.93. The summed E-state index contributed by atoms with van der Waals surface area (Å²) in [4.78, 5) is 14.4. The van der Waals surface area contributed by atoms with Crippen LogP contribution in [0.1, 0.15) is 34.8 Å². The first kappa shape index (κ1) is 14.1. The van der Waals surface area contributed by atoms with E-state index < -0.39 is 0 Å². The van der Waals surface area contributed by atoms with Crippen LogP contribution in [0.15, 0.2) is 48.5 Å². The van der Waals surface area contributed by atoms with Gasteiger partial charge in [0.1, 0.15) is 5.82 Å². The molecule has 0 saturated carbocycles. The summed E-state index contributed by atoms with van der Waals surface area (Å²) in [7, 11) is 0. The smallest absolute Gasteiger partial charge is 0.254 e. The minimum Gasteiger partial charge on any atom is -0.332 e. The molecular formula is C17H15ClFNO. The summed E-state index contributed by atoms with van der Waals surface area (Å²) in [5.74, 6) is -0.505. The van der Waals surface area contributed by atoms with E-state index in [0.29, 0.717) is 17.1 Å². The van der Waals surface area contributed by atoms with Gasteiger partial charge in [0, 0.05) is 17.1 Å². The van der Waals surface area contributed by atoms with E-state index in [9.17, 15) is 9.18 Å². The van der Waals surface area contributed by atoms with Crippen molar-refractivity contribution in [1.29, 1.82) is 0 Å². The number of likely N-dealkylation sites (tertiary alicyclic amines) is 1. The third-order valence-electron chi connectivity index (χ3n) is 3.84. The quantitative estimate of drug-likeness (QED) is 0.802. The van der Waals surface area contributed by atoms with Crippen molar-refractivity contribution in [2.24, 2.45) is 0 Å². The zero-order valence-electron chi connectivity index (χ0n) is 11.4. The summed E-state index contributed by atoms with van der Waals surface area (Å²) in [6.45, 7) is 0.697. The molecule has 1 aliphatic heterocycles. The number of halogens is 2. The normalized spacial score (nSPS) is 18.0. The summed E-state index contributed by atoms with van der Waals surface area (Å²) in [6.07, 6.45) is 1.87. The van der Waals surface area contributed by atoms with Crippen molar-refractivity contribution in [3.63, 3.8) is 0 Å². The van der Waals surface area contributed by atoms with E-state index in [1.54, 1.807) is 12.1 Å². The van der Waals surface area contributed by atoms with Gasteiger partial charge in [0.25, 0.3) is 5.91 Å². The van der Waals surface area contributed by atoms with Crippen molar-refractivity contribution in [2.75, 3.05) is 6.54 Å². The van der Waals surface area contributed by atoms with Crippen LogP contribution < -0.4 is 0 Å². The van der Waals surface area contributed by atoms with Crippen molar-refractivity contribution in [1.82, 2.24) is 4.90 Å². The maximum atomic E-state index is 13.3. The molecule has 108 valence electrons. The third kappa shape index (κ3) is 2.93. The minimum absolute atomic E-state index is 0.0398. The van der Waals surface area contributed by atoms with Crippen molar-refractivity contribution < 1.29 is 9.18 Å². The molecule has 1 aliphatic rings. The molecule has 2 aromatic carbocycles. The Labute approximate surface area is 128 Å². The number of benzene rings is 2. The molecule has 0 aromatic heterocycles. The Bertz CT molecular complexity index is 656. The average Bonchev–Trinajstić information content (AvgIpc) is 2.96. The fourth-order valence-corrected chi connectivity index (χ4v) is 2.95. The van der Waals surface area contributed by atoms with E-state index in [0.717, 1.165) is 18.4 Å². The fourth-order valence-electron chi connectivity index (χ4n) is 2.83. The average molecular weight is 304 g/mol. The van der Waals surface area contributed by atoms with E-state index in [1.807, 2.05) is 29.2 Å². The second-order valence-corrected chi connectivity index (χ2v) is 5.65. The van der Waals surface area contributed by atoms with E-state index in [1.165, 1.54) is 12.1 Å². The lowest BCUT2D eigenvalue weighted by atomic mass is 10.0. The third-order valence-corrected chi connectivity index (χ3v) is 4.09. The summed E-state index contributed by atoms with van der Waals surface area (Å²) in [5, 5.41) is 0.680. The van der Waals surface area contributed by atoms with E-state index >= 15 is 0 Å². The highest BCUT2D eigenvalue weighted by Crippen LogP contribution is 2.33. The van der Waals surface area contributed by atoms with Gasteiger partial charge in [-0.05, 0) is 48.7 Å². The molecule has 1 heterocycles. The van der Waals surface area contributed by atoms with Crippen molar-refractivity contribution >= 4 is 17.5 Å². The predicted molar refractivity (Wildman–Crippen MR) is 80.9 cm³/mol. The van der Waals surface area contributed by atoms with Gasteiger partial charge in [-0.25, -0.2) is 4.39 Å². The molecule has 0 N–H and O–H groups in total. The summed E-state index contributed by atoms with van der Waals surface area (Å²) in [6, 6.07) is 13.5. The summed E-state index contributed by atoms with van der Waals surface area (Å²) < 4.78 is 13.3. The highest BCUT2D eigenvalue weighted by Gasteiger charge is 2.30. The largest absolute Gasteiger partial charge is 0.332 e. The Hall–Kier alpha value is -1.87. The van der Waals surface area contributed by atoms with Crippen LogP contribution in [0.4, 0.5) is 4.39 Å². The van der Waals surface area contributed by atoms with Crippen LogP contribution in [-0.4, -0.2) is 17.4 Å². The van der Waals surface area contributed by atoms with Crippen molar-refractivity contribution in [3.8, 4) is 0 Å². The lowest BCUT2D eigenvalue weighted by molar-refractivity contribution is 0.0735. The van der Waals surface area contributed by atoms with Gasteiger partial charge < -0.3 is 4.90 Å². The molecule has 1 fully saturated rings. The molecule has 1 amide bonds. The summed E-state index contributed by atoms with van der Waals surface area (Å²) in [5.41, 5.74) is 1.47. The first-order chi connectivity index (χ1) is 10.1. The molecular weight excluding hydrogens is 289 g/mol. The molecule has 0 radical (unpaired) electrons. The van der Waals surface area contributed by atoms with Gasteiger partial charge in [0.2, 0.25) is 0 Å². The lowest BCUT2D eigenvalue weighted by Gasteiger charge is -2.25. The van der Waals surface area contributed by atoms with E-state index in [2.05, 4.69) is 0 Å². The van der Waals surface area contributed by atoms with Crippen molar-refractivity contribution in [2.45, 2.75) is 18.9 Å². The Balaban J connectivity index is 1.87. The molecule has 1 saturated heterocycles. The van der Waals surface area contributed by atoms with Gasteiger partial charge in [-0.15, -0.1) is 0 Å². The Morgan fingerprint density at radius 1 is 1.19 bits per heavy atom. The number of amides is 1. The van der Waals surface area contributed by atoms with Crippen LogP contribution in [0.3, 0.4) is 0 Å². The maximum Gasteiger partial charge on any atom is 0.254 e. The standard InChI is InChI=1S/C17H15ClFNO/c18-14-8-6-12(7-9-14)16-5-2-10-20(16)17(21)13-3-1-4-15(19)11-13/h1,3-4,6-9,11,16H,2,5,10H2. The topological polar surface area (TPSA) is 20.3 Å². The van der Waals surface area contributed by atoms with Gasteiger partial charge >= 0.3 is 0 Å². The fraction of sp³-hybridized carbons (Fsp3) is 0.235. The molecule has 0 bridgehead atoms. The highest BCUT2D eigenvalue weighted by molar-refractivity contribution is 6.30. The predicted octanol–water partition coefficient (Wildman–Crippen LogP) is 4.46. The molecule has 0 spiro atoms. The molecule has 2 aromatic rings. The maximum absolute atomic E-state index is 13.3. The van der Waals surface area contributed by atoms with Gasteiger partial charge in [-0.2, -0.15) is 0 Å². The van der Waals surface area contributed by atoms with Crippen LogP contribution >= 0.6 is 11.6 Å². The molecule has 1 atom stereocenters. The minimum atomic E-state index is -0.386. The molecule has 2 nitrogen and oxygen atoms in total. The second-order valence-electron chi connectivity index (χ2n) is 5.22. The Morgan fingerprint density at radius 2 is 1.95 bits per heavy atom. The van der Waals surface area contributed by atoms with Crippen molar-refractivity contribution in [3.05, 3.63) is 70.5 Å². The van der Waals surface area contributed by atoms with Gasteiger partial charge in [0.05, 0.1) is 6.04 Å². The lowest BCUT2D eigenvalue weighted by Crippen LogP contribution is -2.30. The number of hydrogen-bond donors (Lipinski definition) is 0. The number of rotatable bonds is 2. The van der Waals surface area contributed by atoms with E-state index in [4.69, 9.17) is 11.6 Å². The number of nitrogens with zero attached hydrogens (tertiary/aromatic N) is 1. The van der Waals surface area contributed by atoms with E-state index in [-0.39, 0.29) is 17.8 Å². The number of carbonyl (C=O) groups excluding carboxylic acids is 1. The van der Waals surface area contributed by atoms with Crippen LogP contribution in [0.25, 0.3) is 0 Å². The molecule has 0 aliphatic carbocycles. The van der Waals surface area contributed by atoms with Gasteiger partial charge in [-0.1, -0.05) is 29.8 Å². The zero-order chi connectivity index (χ0) is 14.8. The number of carbonyl (C=O) groups is 1. The number of hydrogen-bond acceptors (Lipinski definition) is 1. The van der Waals surface area contributed by atoms with Crippen LogP contribution in [-0.2, 0) is 0 Å². The molecule has 3 rings (SSSR count). The van der Waals surface area contributed by atoms with Crippen LogP contribution in [0.5, 0.6) is 0 Å². The van der Waals surface area contributed by atoms with Gasteiger partial charge in [-0.3, -0.25) is 4.79 Å². The molecule has 1 unspecified atom stereocenters.